The Bertz CT molecular complexity index is 289. The van der Waals surface area contributed by atoms with Gasteiger partial charge in [-0.1, -0.05) is 39.5 Å². The summed E-state index contributed by atoms with van der Waals surface area (Å²) in [6, 6.07) is 0. The van der Waals surface area contributed by atoms with Crippen molar-refractivity contribution in [2.45, 2.75) is 65.2 Å². The Morgan fingerprint density at radius 3 is 2.33 bits per heavy atom. The van der Waals surface area contributed by atoms with Crippen LogP contribution in [0.1, 0.15) is 65.2 Å². The fraction of sp³-hybridized carbons (Fsp3) is 0.941. The van der Waals surface area contributed by atoms with Crippen LogP contribution < -0.4 is 5.32 Å². The lowest BCUT2D eigenvalue weighted by atomic mass is 9.79. The first kappa shape index (κ1) is 18.4. The zero-order valence-electron chi connectivity index (χ0n) is 14.0. The van der Waals surface area contributed by atoms with Crippen molar-refractivity contribution < 1.29 is 9.90 Å². The quantitative estimate of drug-likeness (QED) is 0.609. The molecular formula is C17H34N2O2. The normalized spacial score (nSPS) is 17.7. The lowest BCUT2D eigenvalue weighted by Gasteiger charge is -2.37. The van der Waals surface area contributed by atoms with Crippen LogP contribution in [0.5, 0.6) is 0 Å². The number of aliphatic hydroxyl groups excluding tert-OH is 1. The Balaban J connectivity index is 2.48. The van der Waals surface area contributed by atoms with Crippen LogP contribution in [-0.2, 0) is 4.79 Å². The predicted octanol–water partition coefficient (Wildman–Crippen LogP) is 2.56. The number of carbonyl (C=O) groups excluding carboxylic acids is 1. The third-order valence-corrected chi connectivity index (χ3v) is 4.63. The minimum Gasteiger partial charge on any atom is -0.396 e. The van der Waals surface area contributed by atoms with Gasteiger partial charge in [0.1, 0.15) is 0 Å². The van der Waals surface area contributed by atoms with E-state index >= 15 is 0 Å². The van der Waals surface area contributed by atoms with Crippen molar-refractivity contribution in [2.75, 3.05) is 32.8 Å². The van der Waals surface area contributed by atoms with E-state index in [1.54, 1.807) is 0 Å². The number of amides is 1. The molecule has 0 spiro atoms. The van der Waals surface area contributed by atoms with E-state index in [1.807, 2.05) is 4.90 Å². The molecule has 0 saturated carbocycles. The molecule has 1 amide bonds. The first-order chi connectivity index (χ1) is 10.1. The largest absolute Gasteiger partial charge is 0.396 e. The summed E-state index contributed by atoms with van der Waals surface area (Å²) < 4.78 is 0. The van der Waals surface area contributed by atoms with Crippen LogP contribution in [-0.4, -0.2) is 48.7 Å². The van der Waals surface area contributed by atoms with Crippen molar-refractivity contribution in [1.82, 2.24) is 10.2 Å². The van der Waals surface area contributed by atoms with Gasteiger partial charge in [-0.25, -0.2) is 0 Å². The standard InChI is InChI=1S/C17H34N2O2/c1-3-4-5-6-7-13-19(14-8-15-20)16(21)17(2)9-11-18-12-10-17/h18,20H,3-15H2,1-2H3. The molecule has 0 unspecified atom stereocenters. The third kappa shape index (κ3) is 6.35. The van der Waals surface area contributed by atoms with Crippen molar-refractivity contribution in [3.05, 3.63) is 0 Å². The van der Waals surface area contributed by atoms with Crippen LogP contribution in [0.15, 0.2) is 0 Å². The highest BCUT2D eigenvalue weighted by Gasteiger charge is 2.37. The maximum atomic E-state index is 12.9. The van der Waals surface area contributed by atoms with Crippen molar-refractivity contribution in [3.8, 4) is 0 Å². The highest BCUT2D eigenvalue weighted by atomic mass is 16.3. The Morgan fingerprint density at radius 2 is 1.71 bits per heavy atom. The van der Waals surface area contributed by atoms with E-state index in [-0.39, 0.29) is 12.0 Å². The van der Waals surface area contributed by atoms with Gasteiger partial charge in [-0.3, -0.25) is 4.79 Å². The van der Waals surface area contributed by atoms with Gasteiger partial charge in [-0.05, 0) is 38.8 Å². The molecule has 124 valence electrons. The van der Waals surface area contributed by atoms with Gasteiger partial charge in [0.2, 0.25) is 5.91 Å². The summed E-state index contributed by atoms with van der Waals surface area (Å²) in [5.74, 6) is 0.299. The molecule has 4 heteroatoms. The summed E-state index contributed by atoms with van der Waals surface area (Å²) in [5.41, 5.74) is -0.204. The molecule has 21 heavy (non-hydrogen) atoms. The van der Waals surface area contributed by atoms with Gasteiger partial charge in [0.05, 0.1) is 0 Å². The average Bonchev–Trinajstić information content (AvgIpc) is 2.50. The molecule has 0 atom stereocenters. The maximum absolute atomic E-state index is 12.9. The van der Waals surface area contributed by atoms with E-state index in [4.69, 9.17) is 5.11 Å². The van der Waals surface area contributed by atoms with Crippen molar-refractivity contribution in [3.63, 3.8) is 0 Å². The molecule has 0 aliphatic carbocycles. The number of hydrogen-bond acceptors (Lipinski definition) is 3. The van der Waals surface area contributed by atoms with E-state index in [0.717, 1.165) is 38.9 Å². The molecular weight excluding hydrogens is 264 g/mol. The van der Waals surface area contributed by atoms with E-state index < -0.39 is 0 Å². The summed E-state index contributed by atoms with van der Waals surface area (Å²) in [6.07, 6.45) is 8.63. The molecule has 1 rings (SSSR count). The minimum atomic E-state index is -0.204. The van der Waals surface area contributed by atoms with Crippen molar-refractivity contribution in [1.29, 1.82) is 0 Å². The second-order valence-corrected chi connectivity index (χ2v) is 6.59. The van der Waals surface area contributed by atoms with E-state index in [0.29, 0.717) is 18.9 Å². The van der Waals surface area contributed by atoms with Crippen LogP contribution in [0.25, 0.3) is 0 Å². The number of rotatable bonds is 10. The lowest BCUT2D eigenvalue weighted by molar-refractivity contribution is -0.143. The number of aliphatic hydroxyl groups is 1. The second-order valence-electron chi connectivity index (χ2n) is 6.59. The summed E-state index contributed by atoms with van der Waals surface area (Å²) in [4.78, 5) is 14.9. The highest BCUT2D eigenvalue weighted by Crippen LogP contribution is 2.30. The average molecular weight is 298 g/mol. The SMILES string of the molecule is CCCCCCCN(CCCO)C(=O)C1(C)CCNCC1. The summed E-state index contributed by atoms with van der Waals surface area (Å²) in [6.45, 7) is 7.92. The van der Waals surface area contributed by atoms with E-state index in [2.05, 4.69) is 19.2 Å². The zero-order valence-corrected chi connectivity index (χ0v) is 14.0. The van der Waals surface area contributed by atoms with Gasteiger partial charge in [0.15, 0.2) is 0 Å². The van der Waals surface area contributed by atoms with Crippen LogP contribution in [0.2, 0.25) is 0 Å². The summed E-state index contributed by atoms with van der Waals surface area (Å²) in [5, 5.41) is 12.4. The number of nitrogens with one attached hydrogen (secondary N) is 1. The zero-order chi connectivity index (χ0) is 15.6. The number of unbranched alkanes of at least 4 members (excludes halogenated alkanes) is 4. The molecule has 0 aromatic heterocycles. The van der Waals surface area contributed by atoms with Gasteiger partial charge in [0, 0.05) is 25.1 Å². The van der Waals surface area contributed by atoms with Crippen LogP contribution in [0.3, 0.4) is 0 Å². The van der Waals surface area contributed by atoms with Crippen molar-refractivity contribution in [2.24, 2.45) is 5.41 Å². The van der Waals surface area contributed by atoms with Gasteiger partial charge >= 0.3 is 0 Å². The van der Waals surface area contributed by atoms with Crippen LogP contribution >= 0.6 is 0 Å². The Morgan fingerprint density at radius 1 is 1.10 bits per heavy atom. The Kier molecular flexibility index (Phi) is 8.93. The number of carbonyl (C=O) groups is 1. The highest BCUT2D eigenvalue weighted by molar-refractivity contribution is 5.82. The molecule has 1 heterocycles. The molecule has 2 N–H and O–H groups in total. The first-order valence-corrected chi connectivity index (χ1v) is 8.75. The minimum absolute atomic E-state index is 0.165. The summed E-state index contributed by atoms with van der Waals surface area (Å²) >= 11 is 0. The molecule has 0 aromatic carbocycles. The third-order valence-electron chi connectivity index (χ3n) is 4.63. The number of piperidine rings is 1. The smallest absolute Gasteiger partial charge is 0.228 e. The van der Waals surface area contributed by atoms with Gasteiger partial charge in [-0.15, -0.1) is 0 Å². The van der Waals surface area contributed by atoms with E-state index in [9.17, 15) is 4.79 Å². The van der Waals surface area contributed by atoms with Crippen LogP contribution in [0, 0.1) is 5.41 Å². The molecule has 0 radical (unpaired) electrons. The molecule has 1 aliphatic rings. The monoisotopic (exact) mass is 298 g/mol. The predicted molar refractivity (Wildman–Crippen MR) is 87.3 cm³/mol. The van der Waals surface area contributed by atoms with Gasteiger partial charge in [0.25, 0.3) is 0 Å². The Labute approximate surface area is 130 Å². The summed E-state index contributed by atoms with van der Waals surface area (Å²) in [7, 11) is 0. The second kappa shape index (κ2) is 10.2. The van der Waals surface area contributed by atoms with Gasteiger partial charge < -0.3 is 15.3 Å². The van der Waals surface area contributed by atoms with E-state index in [1.165, 1.54) is 25.7 Å². The molecule has 0 aromatic rings. The molecule has 1 aliphatic heterocycles. The molecule has 1 fully saturated rings. The number of nitrogens with zero attached hydrogens (tertiary/aromatic N) is 1. The first-order valence-electron chi connectivity index (χ1n) is 8.75. The molecule has 1 saturated heterocycles. The maximum Gasteiger partial charge on any atom is 0.228 e. The number of hydrogen-bond donors (Lipinski definition) is 2. The topological polar surface area (TPSA) is 52.6 Å². The lowest BCUT2D eigenvalue weighted by Crippen LogP contribution is -2.48. The molecule has 4 nitrogen and oxygen atoms in total. The molecule has 0 bridgehead atoms. The Hall–Kier alpha value is -0.610. The fourth-order valence-electron chi connectivity index (χ4n) is 3.06. The fourth-order valence-corrected chi connectivity index (χ4v) is 3.06. The van der Waals surface area contributed by atoms with Crippen molar-refractivity contribution >= 4 is 5.91 Å². The van der Waals surface area contributed by atoms with Crippen LogP contribution in [0.4, 0.5) is 0 Å². The van der Waals surface area contributed by atoms with Gasteiger partial charge in [-0.2, -0.15) is 0 Å².